The summed E-state index contributed by atoms with van der Waals surface area (Å²) >= 11 is 0. The van der Waals surface area contributed by atoms with E-state index in [1.807, 2.05) is 20.8 Å². The number of aliphatic hydroxyl groups is 1. The van der Waals surface area contributed by atoms with E-state index < -0.39 is 17.7 Å². The highest BCUT2D eigenvalue weighted by Gasteiger charge is 2.35. The van der Waals surface area contributed by atoms with Crippen LogP contribution in [0.25, 0.3) is 5.70 Å². The smallest absolute Gasteiger partial charge is 0.340 e. The van der Waals surface area contributed by atoms with Crippen molar-refractivity contribution in [3.8, 4) is 0 Å². The van der Waals surface area contributed by atoms with Crippen molar-refractivity contribution in [3.05, 3.63) is 38.8 Å². The molecule has 2 aliphatic rings. The molecule has 0 bridgehead atoms. The fourth-order valence-electron chi connectivity index (χ4n) is 4.36. The number of hydrogen-bond donors (Lipinski definition) is 1. The lowest BCUT2D eigenvalue weighted by Crippen LogP contribution is -2.33. The van der Waals surface area contributed by atoms with Gasteiger partial charge in [0.15, 0.2) is 6.10 Å². The molecule has 0 spiro atoms. The summed E-state index contributed by atoms with van der Waals surface area (Å²) in [5.41, 5.74) is 1.89. The molecular weight excluding hydrogens is 411 g/mol. The summed E-state index contributed by atoms with van der Waals surface area (Å²) in [7, 11) is 0. The fraction of sp³-hybridized carbons (Fsp3) is 0.640. The number of ether oxygens (including phenoxy) is 1. The molecule has 1 aromatic rings. The molecule has 0 radical (unpaired) electrons. The van der Waals surface area contributed by atoms with Gasteiger partial charge in [-0.1, -0.05) is 40.0 Å². The van der Waals surface area contributed by atoms with E-state index in [0.29, 0.717) is 35.6 Å². The largest absolute Gasteiger partial charge is 0.458 e. The number of allylic oxidation sites excluding steroid dienone is 1. The Bertz CT molecular complexity index is 1010. The summed E-state index contributed by atoms with van der Waals surface area (Å²) in [5, 5.41) is 10.3. The van der Waals surface area contributed by atoms with Crippen molar-refractivity contribution in [1.29, 1.82) is 0 Å². The normalized spacial score (nSPS) is 21.2. The number of pyridine rings is 1. The van der Waals surface area contributed by atoms with Crippen LogP contribution in [-0.4, -0.2) is 27.0 Å². The van der Waals surface area contributed by atoms with Crippen molar-refractivity contribution in [2.24, 2.45) is 10.9 Å². The Morgan fingerprint density at radius 1 is 1.34 bits per heavy atom. The fourth-order valence-corrected chi connectivity index (χ4v) is 4.36. The van der Waals surface area contributed by atoms with Gasteiger partial charge in [0.1, 0.15) is 12.3 Å². The van der Waals surface area contributed by atoms with Crippen molar-refractivity contribution in [1.82, 2.24) is 4.57 Å². The van der Waals surface area contributed by atoms with Crippen molar-refractivity contribution in [3.63, 3.8) is 0 Å². The number of fused-ring (bicyclic) bond motifs is 2. The van der Waals surface area contributed by atoms with Crippen LogP contribution >= 0.6 is 0 Å². The Labute approximate surface area is 189 Å². The summed E-state index contributed by atoms with van der Waals surface area (Å²) in [6.45, 7) is 9.50. The van der Waals surface area contributed by atoms with Crippen LogP contribution in [0, 0.1) is 5.92 Å². The molecule has 3 atom stereocenters. The number of halogens is 1. The summed E-state index contributed by atoms with van der Waals surface area (Å²) in [6, 6.07) is 1.69. The number of carbonyl (C=O) groups excluding carboxylic acids is 1. The van der Waals surface area contributed by atoms with Crippen molar-refractivity contribution >= 4 is 17.4 Å². The first-order valence-corrected chi connectivity index (χ1v) is 11.7. The molecule has 0 unspecified atom stereocenters. The highest BCUT2D eigenvalue weighted by molar-refractivity contribution is 5.91. The molecule has 1 aromatic heterocycles. The predicted molar refractivity (Wildman–Crippen MR) is 123 cm³/mol. The molecule has 176 valence electrons. The van der Waals surface area contributed by atoms with Crippen LogP contribution in [0.15, 0.2) is 21.4 Å². The van der Waals surface area contributed by atoms with Gasteiger partial charge in [0, 0.05) is 23.7 Å². The standard InChI is InChI=1S/C25H35FN2O4/c1-6-8-9-10-11-17-13-28-20(21(17)27-16(4)15(3)25(5,26)7-2)12-18-19(23(28)30)14-32-24(31)22(18)29/h12,15,22,29H,6-11,13-14H2,1-5H3/t15-,22-,25-/m0/s1. The predicted octanol–water partition coefficient (Wildman–Crippen LogP) is 4.87. The quantitative estimate of drug-likeness (QED) is 0.333. The number of rotatable bonds is 9. The number of esters is 1. The average Bonchev–Trinajstić information content (AvgIpc) is 3.11. The van der Waals surface area contributed by atoms with Crippen LogP contribution in [0.5, 0.6) is 0 Å². The Hall–Kier alpha value is -2.28. The van der Waals surface area contributed by atoms with E-state index in [1.54, 1.807) is 17.6 Å². The number of cyclic esters (lactones) is 1. The highest BCUT2D eigenvalue weighted by Crippen LogP contribution is 2.36. The number of unbranched alkanes of at least 4 members (excludes halogenated alkanes) is 3. The minimum Gasteiger partial charge on any atom is -0.458 e. The van der Waals surface area contributed by atoms with E-state index in [4.69, 9.17) is 9.73 Å². The second kappa shape index (κ2) is 9.69. The van der Waals surface area contributed by atoms with Gasteiger partial charge >= 0.3 is 5.97 Å². The van der Waals surface area contributed by atoms with Crippen LogP contribution < -0.4 is 5.56 Å². The molecule has 32 heavy (non-hydrogen) atoms. The van der Waals surface area contributed by atoms with Crippen LogP contribution in [0.3, 0.4) is 0 Å². The number of nitrogens with zero attached hydrogens (tertiary/aromatic N) is 2. The minimum absolute atomic E-state index is 0.137. The molecule has 0 aromatic carbocycles. The zero-order valence-corrected chi connectivity index (χ0v) is 19.8. The first kappa shape index (κ1) is 24.4. The molecule has 3 rings (SSSR count). The van der Waals surface area contributed by atoms with Gasteiger partial charge in [-0.2, -0.15) is 0 Å². The maximum Gasteiger partial charge on any atom is 0.340 e. The van der Waals surface area contributed by atoms with Gasteiger partial charge < -0.3 is 14.4 Å². The number of alkyl halides is 1. The topological polar surface area (TPSA) is 80.9 Å². The number of hydrogen-bond acceptors (Lipinski definition) is 5. The molecule has 7 heteroatoms. The maximum atomic E-state index is 15.0. The molecule has 1 N–H and O–H groups in total. The highest BCUT2D eigenvalue weighted by atomic mass is 19.1. The lowest BCUT2D eigenvalue weighted by atomic mass is 9.87. The van der Waals surface area contributed by atoms with Gasteiger partial charge in [-0.3, -0.25) is 9.79 Å². The average molecular weight is 447 g/mol. The van der Waals surface area contributed by atoms with Crippen LogP contribution in [0.2, 0.25) is 0 Å². The van der Waals surface area contributed by atoms with Crippen LogP contribution in [-0.2, 0) is 22.7 Å². The van der Waals surface area contributed by atoms with E-state index in [2.05, 4.69) is 6.92 Å². The number of aliphatic imine (C=N–C) groups is 1. The Morgan fingerprint density at radius 2 is 2.06 bits per heavy atom. The third-order valence-corrected chi connectivity index (χ3v) is 7.08. The number of aromatic nitrogens is 1. The van der Waals surface area contributed by atoms with E-state index in [9.17, 15) is 19.1 Å². The third kappa shape index (κ3) is 4.58. The van der Waals surface area contributed by atoms with Crippen molar-refractivity contribution in [2.75, 3.05) is 0 Å². The summed E-state index contributed by atoms with van der Waals surface area (Å²) < 4.78 is 21.6. The Morgan fingerprint density at radius 3 is 2.72 bits per heavy atom. The van der Waals surface area contributed by atoms with Gasteiger partial charge in [0.05, 0.1) is 17.0 Å². The second-order valence-electron chi connectivity index (χ2n) is 9.23. The minimum atomic E-state index is -1.48. The van der Waals surface area contributed by atoms with Crippen LogP contribution in [0.4, 0.5) is 4.39 Å². The number of aliphatic hydroxyl groups excluding tert-OH is 1. The molecule has 3 heterocycles. The van der Waals surface area contributed by atoms with Gasteiger partial charge in [-0.25, -0.2) is 9.18 Å². The number of carbonyl (C=O) groups is 1. The monoisotopic (exact) mass is 446 g/mol. The van der Waals surface area contributed by atoms with E-state index in [1.165, 1.54) is 0 Å². The first-order chi connectivity index (χ1) is 15.1. The van der Waals surface area contributed by atoms with Crippen LogP contribution in [0.1, 0.15) is 96.1 Å². The van der Waals surface area contributed by atoms with Crippen molar-refractivity contribution in [2.45, 2.75) is 98.1 Å². The SMILES string of the molecule is CCCCCCC1=C(N=C(C)[C@H](C)[C@@](C)(F)CC)c2cc3c(c(=O)n2C1)COC(=O)[C@H]3O. The molecule has 6 nitrogen and oxygen atoms in total. The van der Waals surface area contributed by atoms with Gasteiger partial charge in [0.25, 0.3) is 5.56 Å². The molecule has 0 saturated heterocycles. The lowest BCUT2D eigenvalue weighted by molar-refractivity contribution is -0.157. The summed E-state index contributed by atoms with van der Waals surface area (Å²) in [6.07, 6.45) is 4.04. The van der Waals surface area contributed by atoms with Gasteiger partial charge in [0.2, 0.25) is 0 Å². The van der Waals surface area contributed by atoms with Crippen molar-refractivity contribution < 1.29 is 19.0 Å². The molecule has 0 aliphatic carbocycles. The second-order valence-corrected chi connectivity index (χ2v) is 9.23. The summed E-state index contributed by atoms with van der Waals surface area (Å²) in [4.78, 5) is 29.9. The van der Waals surface area contributed by atoms with Gasteiger partial charge in [-0.05, 0) is 44.7 Å². The maximum absolute atomic E-state index is 15.0. The Balaban J connectivity index is 2.08. The first-order valence-electron chi connectivity index (χ1n) is 11.7. The molecule has 0 fully saturated rings. The third-order valence-electron chi connectivity index (χ3n) is 7.08. The zero-order chi connectivity index (χ0) is 23.6. The molecule has 2 aliphatic heterocycles. The molecular formula is C25H35FN2O4. The Kier molecular flexibility index (Phi) is 7.38. The zero-order valence-electron chi connectivity index (χ0n) is 19.8. The molecule has 0 amide bonds. The molecule has 0 saturated carbocycles. The van der Waals surface area contributed by atoms with Gasteiger partial charge in [-0.15, -0.1) is 0 Å². The summed E-state index contributed by atoms with van der Waals surface area (Å²) in [5.74, 6) is -1.14. The van der Waals surface area contributed by atoms with E-state index >= 15 is 0 Å². The lowest BCUT2D eigenvalue weighted by Gasteiger charge is -2.26. The van der Waals surface area contributed by atoms with E-state index in [-0.39, 0.29) is 23.6 Å². The van der Waals surface area contributed by atoms with E-state index in [0.717, 1.165) is 37.7 Å².